The van der Waals surface area contributed by atoms with Gasteiger partial charge in [0, 0.05) is 35.5 Å². The van der Waals surface area contributed by atoms with E-state index in [2.05, 4.69) is 38.2 Å². The molecule has 0 saturated heterocycles. The molecule has 106 valence electrons. The van der Waals surface area contributed by atoms with Crippen LogP contribution in [0.1, 0.15) is 37.8 Å². The Morgan fingerprint density at radius 3 is 2.65 bits per heavy atom. The highest BCUT2D eigenvalue weighted by Crippen LogP contribution is 2.43. The molecule has 2 nitrogen and oxygen atoms in total. The van der Waals surface area contributed by atoms with E-state index in [9.17, 15) is 5.11 Å². The van der Waals surface area contributed by atoms with Crippen molar-refractivity contribution in [2.75, 3.05) is 17.7 Å². The van der Waals surface area contributed by atoms with Crippen LogP contribution in [-0.4, -0.2) is 17.5 Å². The highest BCUT2D eigenvalue weighted by molar-refractivity contribution is 6.18. The number of nitrogens with one attached hydrogen (secondary N) is 1. The van der Waals surface area contributed by atoms with E-state index in [1.165, 1.54) is 11.1 Å². The summed E-state index contributed by atoms with van der Waals surface area (Å²) < 4.78 is 0. The quantitative estimate of drug-likeness (QED) is 0.753. The molecule has 0 radical (unpaired) electrons. The van der Waals surface area contributed by atoms with E-state index >= 15 is 0 Å². The number of aromatic hydroxyl groups is 1. The predicted molar refractivity (Wildman–Crippen MR) is 86.3 cm³/mol. The van der Waals surface area contributed by atoms with Gasteiger partial charge in [-0.2, -0.15) is 0 Å². The van der Waals surface area contributed by atoms with Crippen molar-refractivity contribution in [1.29, 1.82) is 0 Å². The minimum Gasteiger partial charge on any atom is -0.507 e. The first-order valence-electron chi connectivity index (χ1n) is 7.01. The van der Waals surface area contributed by atoms with Gasteiger partial charge >= 0.3 is 0 Å². The zero-order valence-corrected chi connectivity index (χ0v) is 12.9. The summed E-state index contributed by atoms with van der Waals surface area (Å²) in [5.41, 5.74) is 3.64. The number of halogens is 1. The van der Waals surface area contributed by atoms with E-state index < -0.39 is 0 Å². The van der Waals surface area contributed by atoms with Crippen LogP contribution in [0.5, 0.6) is 5.75 Å². The van der Waals surface area contributed by atoms with Gasteiger partial charge in [0.05, 0.1) is 0 Å². The number of anilines is 1. The van der Waals surface area contributed by atoms with Gasteiger partial charge in [-0.05, 0) is 21.9 Å². The smallest absolute Gasteiger partial charge is 0.125 e. The van der Waals surface area contributed by atoms with Crippen molar-refractivity contribution in [1.82, 2.24) is 0 Å². The maximum atomic E-state index is 10.2. The molecule has 2 aromatic rings. The Hall–Kier alpha value is -1.41. The van der Waals surface area contributed by atoms with Crippen LogP contribution >= 0.6 is 11.6 Å². The molecule has 1 unspecified atom stereocenters. The van der Waals surface area contributed by atoms with Crippen LogP contribution in [0.15, 0.2) is 24.3 Å². The van der Waals surface area contributed by atoms with Crippen molar-refractivity contribution in [2.45, 2.75) is 32.1 Å². The van der Waals surface area contributed by atoms with Crippen LogP contribution in [0.4, 0.5) is 5.69 Å². The van der Waals surface area contributed by atoms with Gasteiger partial charge < -0.3 is 10.4 Å². The van der Waals surface area contributed by atoms with E-state index in [1.807, 2.05) is 12.1 Å². The molecule has 1 atom stereocenters. The Bertz CT molecular complexity index is 673. The molecule has 3 heteroatoms. The monoisotopic (exact) mass is 289 g/mol. The molecule has 0 bridgehead atoms. The summed E-state index contributed by atoms with van der Waals surface area (Å²) in [5.74, 6) is 1.24. The van der Waals surface area contributed by atoms with Crippen LogP contribution in [0.2, 0.25) is 0 Å². The summed E-state index contributed by atoms with van der Waals surface area (Å²) in [6.07, 6.45) is 0. The average Bonchev–Trinajstić information content (AvgIpc) is 2.80. The number of hydrogen-bond donors (Lipinski definition) is 2. The van der Waals surface area contributed by atoms with E-state index in [4.69, 9.17) is 11.6 Å². The van der Waals surface area contributed by atoms with Crippen LogP contribution < -0.4 is 5.32 Å². The topological polar surface area (TPSA) is 32.3 Å². The standard InChI is InChI=1S/C17H20ClNO/c1-17(2,3)11-4-5-12-13(6-11)16-10(8-18)9-19-14(16)7-15(12)20/h4-7,10,19-20H,8-9H2,1-3H3. The summed E-state index contributed by atoms with van der Waals surface area (Å²) in [5, 5.41) is 15.6. The Kier molecular flexibility index (Phi) is 3.09. The summed E-state index contributed by atoms with van der Waals surface area (Å²) >= 11 is 6.10. The summed E-state index contributed by atoms with van der Waals surface area (Å²) in [6, 6.07) is 8.16. The van der Waals surface area contributed by atoms with Crippen LogP contribution in [0.25, 0.3) is 10.8 Å². The third-order valence-electron chi connectivity index (χ3n) is 4.16. The molecule has 1 aliphatic rings. The molecule has 1 aliphatic heterocycles. The van der Waals surface area contributed by atoms with E-state index in [0.717, 1.165) is 23.0 Å². The fourth-order valence-corrected chi connectivity index (χ4v) is 3.21. The summed E-state index contributed by atoms with van der Waals surface area (Å²) in [7, 11) is 0. The fraction of sp³-hybridized carbons (Fsp3) is 0.412. The molecule has 2 aromatic carbocycles. The second-order valence-electron chi connectivity index (χ2n) is 6.60. The van der Waals surface area contributed by atoms with Crippen LogP contribution in [0, 0.1) is 0 Å². The van der Waals surface area contributed by atoms with Crippen molar-refractivity contribution in [3.8, 4) is 5.75 Å². The van der Waals surface area contributed by atoms with Gasteiger partial charge in [-0.3, -0.25) is 0 Å². The normalized spacial score (nSPS) is 18.1. The molecule has 0 amide bonds. The molecular weight excluding hydrogens is 270 g/mol. The number of phenolic OH excluding ortho intramolecular Hbond substituents is 1. The van der Waals surface area contributed by atoms with Gasteiger partial charge in [0.1, 0.15) is 5.75 Å². The van der Waals surface area contributed by atoms with Gasteiger partial charge in [-0.15, -0.1) is 11.6 Å². The molecule has 0 saturated carbocycles. The Labute approximate surface area is 124 Å². The highest BCUT2D eigenvalue weighted by atomic mass is 35.5. The maximum absolute atomic E-state index is 10.2. The van der Waals surface area contributed by atoms with Gasteiger partial charge in [0.25, 0.3) is 0 Å². The number of fused-ring (bicyclic) bond motifs is 3. The molecule has 2 N–H and O–H groups in total. The SMILES string of the molecule is CC(C)(C)c1ccc2c(O)cc3c(c2c1)C(CCl)CN3. The second kappa shape index (κ2) is 4.56. The number of benzene rings is 2. The van der Waals surface area contributed by atoms with Gasteiger partial charge in [-0.25, -0.2) is 0 Å². The molecule has 3 rings (SSSR count). The zero-order chi connectivity index (χ0) is 14.5. The van der Waals surface area contributed by atoms with E-state index in [1.54, 1.807) is 0 Å². The van der Waals surface area contributed by atoms with Gasteiger partial charge in [-0.1, -0.05) is 39.0 Å². The van der Waals surface area contributed by atoms with Gasteiger partial charge in [0.2, 0.25) is 0 Å². The van der Waals surface area contributed by atoms with Crippen molar-refractivity contribution >= 4 is 28.1 Å². The van der Waals surface area contributed by atoms with E-state index in [0.29, 0.717) is 17.5 Å². The van der Waals surface area contributed by atoms with Crippen molar-refractivity contribution in [2.24, 2.45) is 0 Å². The molecule has 1 heterocycles. The van der Waals surface area contributed by atoms with Crippen LogP contribution in [-0.2, 0) is 5.41 Å². The van der Waals surface area contributed by atoms with Crippen molar-refractivity contribution in [3.63, 3.8) is 0 Å². The number of phenols is 1. The first kappa shape index (κ1) is 13.6. The predicted octanol–water partition coefficient (Wildman–Crippen LogP) is 4.59. The molecule has 20 heavy (non-hydrogen) atoms. The highest BCUT2D eigenvalue weighted by Gasteiger charge is 2.26. The Morgan fingerprint density at radius 1 is 1.25 bits per heavy atom. The molecule has 0 fully saturated rings. The van der Waals surface area contributed by atoms with Gasteiger partial charge in [0.15, 0.2) is 0 Å². The fourth-order valence-electron chi connectivity index (χ4n) is 2.95. The molecular formula is C17H20ClNO. The zero-order valence-electron chi connectivity index (χ0n) is 12.1. The third-order valence-corrected chi connectivity index (χ3v) is 4.53. The van der Waals surface area contributed by atoms with E-state index in [-0.39, 0.29) is 5.41 Å². The lowest BCUT2D eigenvalue weighted by atomic mass is 9.84. The lowest BCUT2D eigenvalue weighted by molar-refractivity contribution is 0.482. The first-order valence-corrected chi connectivity index (χ1v) is 7.55. The summed E-state index contributed by atoms with van der Waals surface area (Å²) in [4.78, 5) is 0. The second-order valence-corrected chi connectivity index (χ2v) is 6.91. The Balaban J connectivity index is 2.32. The lowest BCUT2D eigenvalue weighted by Crippen LogP contribution is -2.11. The van der Waals surface area contributed by atoms with Crippen molar-refractivity contribution < 1.29 is 5.11 Å². The third kappa shape index (κ3) is 2.03. The first-order chi connectivity index (χ1) is 9.41. The van der Waals surface area contributed by atoms with Crippen molar-refractivity contribution in [3.05, 3.63) is 35.4 Å². The maximum Gasteiger partial charge on any atom is 0.125 e. The average molecular weight is 290 g/mol. The minimum absolute atomic E-state index is 0.0923. The number of alkyl halides is 1. The number of rotatable bonds is 1. The molecule has 0 spiro atoms. The summed E-state index contributed by atoms with van der Waals surface area (Å²) in [6.45, 7) is 7.45. The number of hydrogen-bond acceptors (Lipinski definition) is 2. The Morgan fingerprint density at radius 2 is 2.00 bits per heavy atom. The van der Waals surface area contributed by atoms with Crippen LogP contribution in [0.3, 0.4) is 0 Å². The lowest BCUT2D eigenvalue weighted by Gasteiger charge is -2.21. The molecule has 0 aliphatic carbocycles. The molecule has 0 aromatic heterocycles. The minimum atomic E-state index is 0.0923. The largest absolute Gasteiger partial charge is 0.507 e.